The Morgan fingerprint density at radius 2 is 1.80 bits per heavy atom. The third-order valence-corrected chi connectivity index (χ3v) is 11.4. The number of aliphatic hydroxyl groups is 1. The van der Waals surface area contributed by atoms with Crippen molar-refractivity contribution in [1.82, 2.24) is 4.90 Å². The summed E-state index contributed by atoms with van der Waals surface area (Å²) < 4.78 is 17.9. The van der Waals surface area contributed by atoms with Crippen molar-refractivity contribution in [1.29, 1.82) is 0 Å². The zero-order valence-corrected chi connectivity index (χ0v) is 28.6. The first-order chi connectivity index (χ1) is 23.6. The van der Waals surface area contributed by atoms with Crippen LogP contribution in [0.4, 0.5) is 16.2 Å². The minimum atomic E-state index is -1.41. The summed E-state index contributed by atoms with van der Waals surface area (Å²) in [4.78, 5) is 47.0. The predicted molar refractivity (Wildman–Crippen MR) is 184 cm³/mol. The molecule has 3 saturated heterocycles. The average molecular weight is 668 g/mol. The number of likely N-dealkylation sites (tertiary alicyclic amines) is 1. The molecule has 0 aromatic heterocycles. The first-order valence-corrected chi connectivity index (χ1v) is 17.3. The fraction of sp³-hybridized carbons (Fsp3) is 0.462. The lowest BCUT2D eigenvalue weighted by molar-refractivity contribution is -0.150. The first kappa shape index (κ1) is 33.1. The molecule has 1 N–H and O–H groups in total. The monoisotopic (exact) mass is 667 g/mol. The Balaban J connectivity index is 1.35. The zero-order chi connectivity index (χ0) is 34.5. The fourth-order valence-electron chi connectivity index (χ4n) is 8.86. The number of hydrogen-bond donors (Lipinski definition) is 1. The van der Waals surface area contributed by atoms with Crippen molar-refractivity contribution in [3.63, 3.8) is 0 Å². The van der Waals surface area contributed by atoms with Crippen LogP contribution in [0.1, 0.15) is 56.7 Å². The third kappa shape index (κ3) is 5.45. The van der Waals surface area contributed by atoms with Gasteiger partial charge in [-0.2, -0.15) is 0 Å². The molecule has 4 aliphatic heterocycles. The Morgan fingerprint density at radius 3 is 2.47 bits per heavy atom. The molecule has 4 aliphatic rings. The molecular weight excluding hydrogens is 622 g/mol. The summed E-state index contributed by atoms with van der Waals surface area (Å²) in [5.41, 5.74) is 2.12. The number of amides is 3. The Morgan fingerprint density at radius 1 is 1.04 bits per heavy atom. The van der Waals surface area contributed by atoms with Gasteiger partial charge < -0.3 is 29.1 Å². The Labute approximate surface area is 287 Å². The van der Waals surface area contributed by atoms with Gasteiger partial charge >= 0.3 is 6.09 Å². The number of benzene rings is 3. The Hall–Kier alpha value is -4.41. The molecule has 3 fully saturated rings. The molecular formula is C39H45N3O7. The van der Waals surface area contributed by atoms with Gasteiger partial charge in [-0.05, 0) is 59.7 Å². The summed E-state index contributed by atoms with van der Waals surface area (Å²) in [6, 6.07) is 23.3. The van der Waals surface area contributed by atoms with Crippen molar-refractivity contribution in [3.8, 4) is 5.75 Å². The van der Waals surface area contributed by atoms with Gasteiger partial charge in [0.15, 0.2) is 5.60 Å². The number of hydrogen-bond acceptors (Lipinski definition) is 7. The maximum absolute atomic E-state index is 15.1. The maximum atomic E-state index is 15.1. The number of cyclic esters (lactones) is 1. The predicted octanol–water partition coefficient (Wildman–Crippen LogP) is 5.40. The minimum Gasteiger partial charge on any atom is -0.497 e. The second kappa shape index (κ2) is 12.8. The van der Waals surface area contributed by atoms with Gasteiger partial charge in [0.05, 0.1) is 51.1 Å². The Kier molecular flexibility index (Phi) is 8.65. The minimum absolute atomic E-state index is 0.0757. The van der Waals surface area contributed by atoms with Crippen LogP contribution < -0.4 is 14.5 Å². The van der Waals surface area contributed by atoms with Gasteiger partial charge in [0.25, 0.3) is 5.91 Å². The third-order valence-electron chi connectivity index (χ3n) is 11.4. The van der Waals surface area contributed by atoms with Crippen molar-refractivity contribution in [2.45, 2.75) is 69.7 Å². The summed E-state index contributed by atoms with van der Waals surface area (Å²) in [6.07, 6.45) is 0.633. The molecule has 0 saturated carbocycles. The van der Waals surface area contributed by atoms with Crippen molar-refractivity contribution in [2.75, 3.05) is 43.2 Å². The zero-order valence-electron chi connectivity index (χ0n) is 28.6. The van der Waals surface area contributed by atoms with Crippen LogP contribution >= 0.6 is 0 Å². The number of methoxy groups -OCH3 is 1. The number of nitrogens with zero attached hydrogens (tertiary/aromatic N) is 3. The average Bonchev–Trinajstić information content (AvgIpc) is 3.88. The van der Waals surface area contributed by atoms with Crippen LogP contribution in [0.3, 0.4) is 0 Å². The number of carbonyl (C=O) groups is 3. The van der Waals surface area contributed by atoms with Crippen LogP contribution in [0.2, 0.25) is 0 Å². The number of ether oxygens (including phenoxy) is 3. The van der Waals surface area contributed by atoms with E-state index in [1.165, 1.54) is 0 Å². The number of carbonyl (C=O) groups excluding carboxylic acids is 3. The molecule has 10 nitrogen and oxygen atoms in total. The Bertz CT molecular complexity index is 1730. The number of aliphatic hydroxyl groups excluding tert-OH is 1. The highest BCUT2D eigenvalue weighted by Crippen LogP contribution is 2.60. The van der Waals surface area contributed by atoms with E-state index < -0.39 is 23.2 Å². The van der Waals surface area contributed by atoms with E-state index in [1.807, 2.05) is 72.8 Å². The van der Waals surface area contributed by atoms with Gasteiger partial charge in [-0.3, -0.25) is 14.5 Å². The van der Waals surface area contributed by atoms with Crippen LogP contribution in [-0.4, -0.2) is 73.5 Å². The van der Waals surface area contributed by atoms with Crippen LogP contribution in [0.25, 0.3) is 0 Å². The highest BCUT2D eigenvalue weighted by Gasteiger charge is 2.66. The number of anilines is 2. The van der Waals surface area contributed by atoms with Crippen molar-refractivity contribution < 1.29 is 33.7 Å². The first-order valence-electron chi connectivity index (χ1n) is 17.3. The van der Waals surface area contributed by atoms with E-state index in [0.29, 0.717) is 37.5 Å². The topological polar surface area (TPSA) is 109 Å². The van der Waals surface area contributed by atoms with E-state index in [2.05, 4.69) is 20.8 Å². The van der Waals surface area contributed by atoms with E-state index in [4.69, 9.17) is 14.2 Å². The van der Waals surface area contributed by atoms with Gasteiger partial charge in [0, 0.05) is 29.6 Å². The largest absolute Gasteiger partial charge is 0.497 e. The van der Waals surface area contributed by atoms with Crippen LogP contribution in [0.5, 0.6) is 5.75 Å². The second-order valence-corrected chi connectivity index (χ2v) is 14.3. The molecule has 49 heavy (non-hydrogen) atoms. The van der Waals surface area contributed by atoms with Gasteiger partial charge in [-0.25, -0.2) is 4.79 Å². The van der Waals surface area contributed by atoms with E-state index in [9.17, 15) is 14.7 Å². The molecule has 3 aromatic rings. The standard InChI is InChI=1S/C39H45N3O7/c1-25-35(38(2,3)27-12-15-30(47-4)16-13-27)33(22-34(44)40-18-8-11-29(40)24-43)49-39(25)31-21-28(41-19-20-48-37(41)46)14-17-32(31)42(36(39)45)23-26-9-6-5-7-10-26/h5-7,9-10,12-17,21,25,29,33,35,43H,8,11,18-20,22-24H2,1-4H3/t25-,29+,33+,35-,39+/m1/s1. The molecule has 0 radical (unpaired) electrons. The van der Waals surface area contributed by atoms with Gasteiger partial charge in [-0.1, -0.05) is 63.2 Å². The van der Waals surface area contributed by atoms with E-state index >= 15 is 4.79 Å². The molecule has 4 heterocycles. The summed E-state index contributed by atoms with van der Waals surface area (Å²) in [5.74, 6) is -0.162. The second-order valence-electron chi connectivity index (χ2n) is 14.3. The van der Waals surface area contributed by atoms with Crippen LogP contribution in [0.15, 0.2) is 72.8 Å². The maximum Gasteiger partial charge on any atom is 0.414 e. The lowest BCUT2D eigenvalue weighted by Gasteiger charge is -2.39. The highest BCUT2D eigenvalue weighted by atomic mass is 16.6. The van der Waals surface area contributed by atoms with Crippen LogP contribution in [0, 0.1) is 11.8 Å². The van der Waals surface area contributed by atoms with Gasteiger partial charge in [0.2, 0.25) is 5.91 Å². The molecule has 1 spiro atoms. The number of rotatable bonds is 9. The van der Waals surface area contributed by atoms with E-state index in [1.54, 1.807) is 21.8 Å². The molecule has 10 heteroatoms. The molecule has 0 bridgehead atoms. The van der Waals surface area contributed by atoms with Crippen molar-refractivity contribution in [2.24, 2.45) is 11.8 Å². The lowest BCUT2D eigenvalue weighted by Crippen LogP contribution is -2.46. The molecule has 5 atom stereocenters. The molecule has 0 aliphatic carbocycles. The number of fused-ring (bicyclic) bond motifs is 2. The van der Waals surface area contributed by atoms with Crippen LogP contribution in [-0.2, 0) is 36.6 Å². The molecule has 258 valence electrons. The van der Waals surface area contributed by atoms with Crippen molar-refractivity contribution >= 4 is 29.3 Å². The lowest BCUT2D eigenvalue weighted by atomic mass is 9.63. The van der Waals surface area contributed by atoms with Gasteiger partial charge in [-0.15, -0.1) is 0 Å². The molecule has 0 unspecified atom stereocenters. The summed E-state index contributed by atoms with van der Waals surface area (Å²) >= 11 is 0. The molecule has 3 amide bonds. The fourth-order valence-corrected chi connectivity index (χ4v) is 8.86. The van der Waals surface area contributed by atoms with Crippen molar-refractivity contribution in [3.05, 3.63) is 89.5 Å². The molecule has 7 rings (SSSR count). The van der Waals surface area contributed by atoms with Gasteiger partial charge in [0.1, 0.15) is 12.4 Å². The van der Waals surface area contributed by atoms with E-state index in [0.717, 1.165) is 35.4 Å². The normalized spacial score (nSPS) is 26.5. The highest BCUT2D eigenvalue weighted by molar-refractivity contribution is 6.08. The smallest absolute Gasteiger partial charge is 0.414 e. The summed E-state index contributed by atoms with van der Waals surface area (Å²) in [7, 11) is 1.64. The SMILES string of the molecule is COc1ccc(C(C)(C)[C@H]2[C@H](CC(=O)N3CCC[C@H]3CO)O[C@@]3(C(=O)N(Cc4ccccc4)c4ccc(N5CCOC5=O)cc43)[C@@H]2C)cc1. The van der Waals surface area contributed by atoms with E-state index in [-0.39, 0.29) is 42.7 Å². The molecule has 3 aromatic carbocycles. The summed E-state index contributed by atoms with van der Waals surface area (Å²) in [6.45, 7) is 7.93. The summed E-state index contributed by atoms with van der Waals surface area (Å²) in [5, 5.41) is 10.0. The quantitative estimate of drug-likeness (QED) is 0.326.